The number of nitrogens with two attached hydrogens (primary N) is 1. The maximum absolute atomic E-state index is 6.06. The largest absolute Gasteiger partial charge is 0.357 e. The SMILES string of the molecule is CCN1CC2C(C1)C2(CN)c1ccn(C)c1. The topological polar surface area (TPSA) is 34.2 Å². The van der Waals surface area contributed by atoms with E-state index >= 15 is 0 Å². The van der Waals surface area contributed by atoms with Crippen molar-refractivity contribution in [3.05, 3.63) is 24.0 Å². The van der Waals surface area contributed by atoms with Crippen LogP contribution in [-0.4, -0.2) is 35.6 Å². The van der Waals surface area contributed by atoms with E-state index in [9.17, 15) is 0 Å². The van der Waals surface area contributed by atoms with Crippen LogP contribution >= 0.6 is 0 Å². The molecule has 1 aromatic rings. The van der Waals surface area contributed by atoms with E-state index in [2.05, 4.69) is 41.9 Å². The molecule has 0 amide bonds. The van der Waals surface area contributed by atoms with Crippen LogP contribution in [0, 0.1) is 11.8 Å². The summed E-state index contributed by atoms with van der Waals surface area (Å²) in [5, 5.41) is 0. The molecule has 1 aliphatic carbocycles. The van der Waals surface area contributed by atoms with Gasteiger partial charge in [-0.1, -0.05) is 6.92 Å². The lowest BCUT2D eigenvalue weighted by Gasteiger charge is -2.24. The van der Waals surface area contributed by atoms with Gasteiger partial charge in [-0.3, -0.25) is 0 Å². The summed E-state index contributed by atoms with van der Waals surface area (Å²) >= 11 is 0. The quantitative estimate of drug-likeness (QED) is 0.816. The van der Waals surface area contributed by atoms with Gasteiger partial charge in [0.1, 0.15) is 0 Å². The van der Waals surface area contributed by atoms with E-state index in [0.29, 0.717) is 5.41 Å². The van der Waals surface area contributed by atoms with Crippen molar-refractivity contribution in [3.8, 4) is 0 Å². The fourth-order valence-electron chi connectivity index (χ4n) is 3.70. The smallest absolute Gasteiger partial charge is 0.0178 e. The highest BCUT2D eigenvalue weighted by molar-refractivity contribution is 5.38. The van der Waals surface area contributed by atoms with Gasteiger partial charge in [-0.25, -0.2) is 0 Å². The van der Waals surface area contributed by atoms with Crippen LogP contribution in [0.2, 0.25) is 0 Å². The number of piperidine rings is 1. The Kier molecular flexibility index (Phi) is 2.17. The molecule has 88 valence electrons. The third kappa shape index (κ3) is 1.16. The molecule has 1 aromatic heterocycles. The Morgan fingerprint density at radius 3 is 2.56 bits per heavy atom. The van der Waals surface area contributed by atoms with E-state index in [1.807, 2.05) is 0 Å². The first kappa shape index (κ1) is 10.4. The lowest BCUT2D eigenvalue weighted by molar-refractivity contribution is 0.287. The molecular weight excluding hydrogens is 198 g/mol. The Balaban J connectivity index is 1.85. The second kappa shape index (κ2) is 3.34. The zero-order valence-electron chi connectivity index (χ0n) is 10.2. The second-order valence-corrected chi connectivity index (χ2v) is 5.38. The lowest BCUT2D eigenvalue weighted by atomic mass is 9.92. The van der Waals surface area contributed by atoms with E-state index in [0.717, 1.165) is 18.4 Å². The normalized spacial score (nSPS) is 37.7. The van der Waals surface area contributed by atoms with Crippen LogP contribution in [0.4, 0.5) is 0 Å². The zero-order chi connectivity index (χ0) is 11.3. The van der Waals surface area contributed by atoms with Crippen LogP contribution in [0.15, 0.2) is 18.5 Å². The average molecular weight is 219 g/mol. The van der Waals surface area contributed by atoms with Gasteiger partial charge in [-0.2, -0.15) is 0 Å². The number of aryl methyl sites for hydroxylation is 1. The molecule has 2 aliphatic rings. The highest BCUT2D eigenvalue weighted by atomic mass is 15.2. The summed E-state index contributed by atoms with van der Waals surface area (Å²) < 4.78 is 2.14. The number of fused-ring (bicyclic) bond motifs is 1. The molecule has 0 aromatic carbocycles. The van der Waals surface area contributed by atoms with Crippen LogP contribution in [-0.2, 0) is 12.5 Å². The van der Waals surface area contributed by atoms with Crippen molar-refractivity contribution in [1.82, 2.24) is 9.47 Å². The molecule has 3 rings (SSSR count). The summed E-state index contributed by atoms with van der Waals surface area (Å²) in [7, 11) is 2.09. The van der Waals surface area contributed by atoms with Gasteiger partial charge in [0.15, 0.2) is 0 Å². The van der Waals surface area contributed by atoms with E-state index in [1.54, 1.807) is 0 Å². The molecule has 2 atom stereocenters. The Morgan fingerprint density at radius 2 is 2.12 bits per heavy atom. The highest BCUT2D eigenvalue weighted by Crippen LogP contribution is 2.62. The predicted octanol–water partition coefficient (Wildman–Crippen LogP) is 0.803. The first-order chi connectivity index (χ1) is 7.72. The Hall–Kier alpha value is -0.800. The van der Waals surface area contributed by atoms with Gasteiger partial charge in [0.05, 0.1) is 0 Å². The van der Waals surface area contributed by atoms with Crippen molar-refractivity contribution in [2.45, 2.75) is 12.3 Å². The summed E-state index contributed by atoms with van der Waals surface area (Å²) in [6.45, 7) is 6.73. The number of rotatable bonds is 3. The number of aromatic nitrogens is 1. The molecule has 2 N–H and O–H groups in total. The van der Waals surface area contributed by atoms with Crippen molar-refractivity contribution in [2.24, 2.45) is 24.6 Å². The van der Waals surface area contributed by atoms with Gasteiger partial charge in [0.2, 0.25) is 0 Å². The van der Waals surface area contributed by atoms with Crippen molar-refractivity contribution in [2.75, 3.05) is 26.2 Å². The lowest BCUT2D eigenvalue weighted by Crippen LogP contribution is -2.34. The van der Waals surface area contributed by atoms with Gasteiger partial charge in [0.25, 0.3) is 0 Å². The maximum Gasteiger partial charge on any atom is 0.0178 e. The highest BCUT2D eigenvalue weighted by Gasteiger charge is 2.67. The minimum absolute atomic E-state index is 0.312. The van der Waals surface area contributed by atoms with Gasteiger partial charge in [-0.15, -0.1) is 0 Å². The van der Waals surface area contributed by atoms with E-state index in [1.165, 1.54) is 25.2 Å². The van der Waals surface area contributed by atoms with Gasteiger partial charge in [-0.05, 0) is 30.0 Å². The number of likely N-dealkylation sites (tertiary alicyclic amines) is 1. The molecule has 3 heteroatoms. The standard InChI is InChI=1S/C13H21N3/c1-3-16-7-11-12(8-16)13(11,9-14)10-4-5-15(2)6-10/h4-6,11-12H,3,7-9,14H2,1-2H3. The number of hydrogen-bond donors (Lipinski definition) is 1. The summed E-state index contributed by atoms with van der Waals surface area (Å²) in [5.41, 5.74) is 7.83. The minimum Gasteiger partial charge on any atom is -0.357 e. The fraction of sp³-hybridized carbons (Fsp3) is 0.692. The third-order valence-corrected chi connectivity index (χ3v) is 4.76. The predicted molar refractivity (Wildman–Crippen MR) is 65.2 cm³/mol. The third-order valence-electron chi connectivity index (χ3n) is 4.76. The van der Waals surface area contributed by atoms with E-state index < -0.39 is 0 Å². The minimum atomic E-state index is 0.312. The molecule has 0 radical (unpaired) electrons. The Bertz CT molecular complexity index is 384. The van der Waals surface area contributed by atoms with Crippen molar-refractivity contribution in [1.29, 1.82) is 0 Å². The molecule has 1 saturated carbocycles. The fourth-order valence-corrected chi connectivity index (χ4v) is 3.70. The van der Waals surface area contributed by atoms with Crippen LogP contribution in [0.1, 0.15) is 12.5 Å². The van der Waals surface area contributed by atoms with Gasteiger partial charge in [0, 0.05) is 44.5 Å². The molecule has 2 fully saturated rings. The molecule has 0 spiro atoms. The maximum atomic E-state index is 6.06. The first-order valence-corrected chi connectivity index (χ1v) is 6.27. The molecule has 2 heterocycles. The molecule has 1 aliphatic heterocycles. The molecular formula is C13H21N3. The van der Waals surface area contributed by atoms with E-state index in [-0.39, 0.29) is 0 Å². The van der Waals surface area contributed by atoms with Crippen molar-refractivity contribution in [3.63, 3.8) is 0 Å². The zero-order valence-corrected chi connectivity index (χ0v) is 10.2. The van der Waals surface area contributed by atoms with E-state index in [4.69, 9.17) is 5.73 Å². The molecule has 2 unspecified atom stereocenters. The van der Waals surface area contributed by atoms with Crippen LogP contribution in [0.25, 0.3) is 0 Å². The first-order valence-electron chi connectivity index (χ1n) is 6.27. The number of nitrogens with zero attached hydrogens (tertiary/aromatic N) is 2. The van der Waals surface area contributed by atoms with Gasteiger partial charge >= 0.3 is 0 Å². The van der Waals surface area contributed by atoms with Gasteiger partial charge < -0.3 is 15.2 Å². The summed E-state index contributed by atoms with van der Waals surface area (Å²) in [6.07, 6.45) is 4.39. The average Bonchev–Trinajstić information content (AvgIpc) is 2.71. The van der Waals surface area contributed by atoms with Crippen LogP contribution in [0.3, 0.4) is 0 Å². The monoisotopic (exact) mass is 219 g/mol. The molecule has 1 saturated heterocycles. The Morgan fingerprint density at radius 1 is 1.44 bits per heavy atom. The summed E-state index contributed by atoms with van der Waals surface area (Å²) in [4.78, 5) is 2.55. The summed E-state index contributed by atoms with van der Waals surface area (Å²) in [6, 6.07) is 2.25. The van der Waals surface area contributed by atoms with Crippen molar-refractivity contribution < 1.29 is 0 Å². The van der Waals surface area contributed by atoms with Crippen molar-refractivity contribution >= 4 is 0 Å². The second-order valence-electron chi connectivity index (χ2n) is 5.38. The van der Waals surface area contributed by atoms with Crippen LogP contribution in [0.5, 0.6) is 0 Å². The molecule has 16 heavy (non-hydrogen) atoms. The Labute approximate surface area is 97.2 Å². The van der Waals surface area contributed by atoms with Crippen LogP contribution < -0.4 is 5.73 Å². The molecule has 3 nitrogen and oxygen atoms in total. The summed E-state index contributed by atoms with van der Waals surface area (Å²) in [5.74, 6) is 1.61. The number of hydrogen-bond acceptors (Lipinski definition) is 2. The molecule has 0 bridgehead atoms.